The minimum atomic E-state index is -0.916. The van der Waals surface area contributed by atoms with E-state index in [1.165, 1.54) is 4.90 Å². The summed E-state index contributed by atoms with van der Waals surface area (Å²) in [6.07, 6.45) is 1.42. The van der Waals surface area contributed by atoms with Gasteiger partial charge in [-0.1, -0.05) is 15.9 Å². The predicted molar refractivity (Wildman–Crippen MR) is 79.9 cm³/mol. The number of aliphatic carboxylic acids is 1. The highest BCUT2D eigenvalue weighted by molar-refractivity contribution is 9.10. The van der Waals surface area contributed by atoms with Crippen LogP contribution in [-0.2, 0) is 4.79 Å². The van der Waals surface area contributed by atoms with Gasteiger partial charge < -0.3 is 15.3 Å². The fourth-order valence-corrected chi connectivity index (χ4v) is 2.78. The summed E-state index contributed by atoms with van der Waals surface area (Å²) >= 11 is 3.27. The van der Waals surface area contributed by atoms with Gasteiger partial charge in [0.1, 0.15) is 6.07 Å². The molecule has 1 heterocycles. The molecule has 2 N–H and O–H groups in total. The van der Waals surface area contributed by atoms with E-state index < -0.39 is 5.97 Å². The lowest BCUT2D eigenvalue weighted by Gasteiger charge is -2.24. The summed E-state index contributed by atoms with van der Waals surface area (Å²) in [5.41, 5.74) is 0.776. The third-order valence-electron chi connectivity index (χ3n) is 3.39. The molecule has 110 valence electrons. The molecule has 1 aliphatic rings. The SMILES string of the molecule is N#Cc1cc(Br)ccc1NC(=O)N1CCCC1CC(=O)O. The van der Waals surface area contributed by atoms with Gasteiger partial charge in [0.05, 0.1) is 17.7 Å². The van der Waals surface area contributed by atoms with Crippen LogP contribution in [-0.4, -0.2) is 34.6 Å². The Morgan fingerprint density at radius 1 is 1.52 bits per heavy atom. The molecule has 1 atom stereocenters. The molecule has 2 rings (SSSR count). The van der Waals surface area contributed by atoms with E-state index in [1.54, 1.807) is 18.2 Å². The molecular formula is C14H14BrN3O3. The molecule has 0 aromatic heterocycles. The van der Waals surface area contributed by atoms with Crippen molar-refractivity contribution in [2.45, 2.75) is 25.3 Å². The number of carboxylic acids is 1. The van der Waals surface area contributed by atoms with Crippen LogP contribution in [0.5, 0.6) is 0 Å². The van der Waals surface area contributed by atoms with E-state index in [4.69, 9.17) is 10.4 Å². The minimum absolute atomic E-state index is 0.0567. The van der Waals surface area contributed by atoms with E-state index in [0.717, 1.165) is 10.9 Å². The monoisotopic (exact) mass is 351 g/mol. The number of amides is 2. The fourth-order valence-electron chi connectivity index (χ4n) is 2.42. The number of carbonyl (C=O) groups excluding carboxylic acids is 1. The number of carboxylic acid groups (broad SMARTS) is 1. The Kier molecular flexibility index (Phi) is 4.81. The summed E-state index contributed by atoms with van der Waals surface area (Å²) < 4.78 is 0.752. The van der Waals surface area contributed by atoms with Crippen LogP contribution in [0.3, 0.4) is 0 Å². The molecular weight excluding hydrogens is 338 g/mol. The number of urea groups is 1. The summed E-state index contributed by atoms with van der Waals surface area (Å²) in [7, 11) is 0. The maximum atomic E-state index is 12.3. The first-order chi connectivity index (χ1) is 10.0. The second-order valence-corrected chi connectivity index (χ2v) is 5.73. The number of anilines is 1. The Morgan fingerprint density at radius 3 is 2.95 bits per heavy atom. The van der Waals surface area contributed by atoms with Crippen molar-refractivity contribution in [3.63, 3.8) is 0 Å². The molecule has 1 aliphatic heterocycles. The standard InChI is InChI=1S/C14H14BrN3O3/c15-10-3-4-12(9(6-10)8-16)17-14(21)18-5-1-2-11(18)7-13(19)20/h3-4,6,11H,1-2,5,7H2,(H,17,21)(H,19,20). The topological polar surface area (TPSA) is 93.4 Å². The second-order valence-electron chi connectivity index (χ2n) is 4.82. The lowest BCUT2D eigenvalue weighted by Crippen LogP contribution is -2.39. The number of hydrogen-bond acceptors (Lipinski definition) is 3. The lowest BCUT2D eigenvalue weighted by molar-refractivity contribution is -0.137. The van der Waals surface area contributed by atoms with Crippen LogP contribution in [0.4, 0.5) is 10.5 Å². The molecule has 0 radical (unpaired) electrons. The predicted octanol–water partition coefficient (Wildman–Crippen LogP) is 2.79. The average molecular weight is 352 g/mol. The van der Waals surface area contributed by atoms with Crippen LogP contribution in [0.25, 0.3) is 0 Å². The summed E-state index contributed by atoms with van der Waals surface area (Å²) in [5, 5.41) is 20.6. The van der Waals surface area contributed by atoms with Crippen molar-refractivity contribution in [2.75, 3.05) is 11.9 Å². The minimum Gasteiger partial charge on any atom is -0.481 e. The molecule has 2 amide bonds. The smallest absolute Gasteiger partial charge is 0.322 e. The normalized spacial score (nSPS) is 17.3. The molecule has 7 heteroatoms. The second kappa shape index (κ2) is 6.59. The Morgan fingerprint density at radius 2 is 2.29 bits per heavy atom. The molecule has 6 nitrogen and oxygen atoms in total. The van der Waals surface area contributed by atoms with Crippen molar-refractivity contribution in [1.29, 1.82) is 5.26 Å². The zero-order valence-corrected chi connectivity index (χ0v) is 12.8. The molecule has 0 aliphatic carbocycles. The molecule has 0 saturated carbocycles. The summed E-state index contributed by atoms with van der Waals surface area (Å²) in [6.45, 7) is 0.530. The number of nitriles is 1. The van der Waals surface area contributed by atoms with Crippen LogP contribution in [0.15, 0.2) is 22.7 Å². The van der Waals surface area contributed by atoms with Gasteiger partial charge in [0.15, 0.2) is 0 Å². The highest BCUT2D eigenvalue weighted by Gasteiger charge is 2.30. The highest BCUT2D eigenvalue weighted by Crippen LogP contribution is 2.24. The number of halogens is 1. The summed E-state index contributed by atoms with van der Waals surface area (Å²) in [4.78, 5) is 24.6. The Balaban J connectivity index is 2.11. The molecule has 0 spiro atoms. The van der Waals surface area contributed by atoms with Gasteiger partial charge in [-0.15, -0.1) is 0 Å². The van der Waals surface area contributed by atoms with Crippen molar-refractivity contribution >= 4 is 33.6 Å². The summed E-state index contributed by atoms with van der Waals surface area (Å²) in [6, 6.07) is 6.36. The Labute approximate surface area is 130 Å². The highest BCUT2D eigenvalue weighted by atomic mass is 79.9. The van der Waals surface area contributed by atoms with Crippen LogP contribution < -0.4 is 5.32 Å². The van der Waals surface area contributed by atoms with Crippen LogP contribution in [0.2, 0.25) is 0 Å². The van der Waals surface area contributed by atoms with E-state index in [1.807, 2.05) is 6.07 Å². The van der Waals surface area contributed by atoms with Crippen molar-refractivity contribution in [3.8, 4) is 6.07 Å². The van der Waals surface area contributed by atoms with Gasteiger partial charge in [-0.05, 0) is 31.0 Å². The number of carbonyl (C=O) groups is 2. The van der Waals surface area contributed by atoms with Gasteiger partial charge in [0.25, 0.3) is 0 Å². The molecule has 1 aromatic carbocycles. The zero-order valence-electron chi connectivity index (χ0n) is 11.2. The first kappa shape index (κ1) is 15.3. The molecule has 1 aromatic rings. The quantitative estimate of drug-likeness (QED) is 0.875. The van der Waals surface area contributed by atoms with Crippen molar-refractivity contribution < 1.29 is 14.7 Å². The van der Waals surface area contributed by atoms with E-state index in [9.17, 15) is 9.59 Å². The third kappa shape index (κ3) is 3.73. The van der Waals surface area contributed by atoms with Gasteiger partial charge in [0.2, 0.25) is 0 Å². The van der Waals surface area contributed by atoms with Crippen molar-refractivity contribution in [3.05, 3.63) is 28.2 Å². The van der Waals surface area contributed by atoms with Crippen molar-refractivity contribution in [2.24, 2.45) is 0 Å². The van der Waals surface area contributed by atoms with Gasteiger partial charge in [-0.25, -0.2) is 4.79 Å². The summed E-state index contributed by atoms with van der Waals surface area (Å²) in [5.74, 6) is -0.916. The number of benzene rings is 1. The van der Waals surface area contributed by atoms with E-state index in [2.05, 4.69) is 21.2 Å². The largest absolute Gasteiger partial charge is 0.481 e. The molecule has 0 bridgehead atoms. The zero-order chi connectivity index (χ0) is 15.4. The van der Waals surface area contributed by atoms with Gasteiger partial charge >= 0.3 is 12.0 Å². The number of nitrogens with zero attached hydrogens (tertiary/aromatic N) is 2. The van der Waals surface area contributed by atoms with E-state index >= 15 is 0 Å². The lowest BCUT2D eigenvalue weighted by atomic mass is 10.1. The first-order valence-electron chi connectivity index (χ1n) is 6.50. The number of rotatable bonds is 3. The van der Waals surface area contributed by atoms with Gasteiger partial charge in [-0.3, -0.25) is 4.79 Å². The van der Waals surface area contributed by atoms with Crippen LogP contribution in [0.1, 0.15) is 24.8 Å². The Hall–Kier alpha value is -2.07. The molecule has 1 unspecified atom stereocenters. The number of nitrogens with one attached hydrogen (secondary N) is 1. The van der Waals surface area contributed by atoms with E-state index in [0.29, 0.717) is 24.2 Å². The van der Waals surface area contributed by atoms with Crippen LogP contribution in [0, 0.1) is 11.3 Å². The average Bonchev–Trinajstić information content (AvgIpc) is 2.88. The first-order valence-corrected chi connectivity index (χ1v) is 7.29. The Bertz CT molecular complexity index is 612. The van der Waals surface area contributed by atoms with Crippen molar-refractivity contribution in [1.82, 2.24) is 4.90 Å². The van der Waals surface area contributed by atoms with Gasteiger partial charge in [0, 0.05) is 17.1 Å². The third-order valence-corrected chi connectivity index (χ3v) is 3.89. The van der Waals surface area contributed by atoms with E-state index in [-0.39, 0.29) is 18.5 Å². The number of hydrogen-bond donors (Lipinski definition) is 2. The molecule has 1 saturated heterocycles. The molecule has 21 heavy (non-hydrogen) atoms. The maximum absolute atomic E-state index is 12.3. The fraction of sp³-hybridized carbons (Fsp3) is 0.357. The molecule has 1 fully saturated rings. The van der Waals surface area contributed by atoms with Gasteiger partial charge in [-0.2, -0.15) is 5.26 Å². The van der Waals surface area contributed by atoms with Crippen LogP contribution >= 0.6 is 15.9 Å². The number of likely N-dealkylation sites (tertiary alicyclic amines) is 1. The maximum Gasteiger partial charge on any atom is 0.322 e.